The lowest BCUT2D eigenvalue weighted by molar-refractivity contribution is -0.122. The van der Waals surface area contributed by atoms with E-state index in [2.05, 4.69) is 15.3 Å². The van der Waals surface area contributed by atoms with Gasteiger partial charge in [-0.25, -0.2) is 4.98 Å². The van der Waals surface area contributed by atoms with Crippen LogP contribution in [-0.2, 0) is 9.59 Å². The van der Waals surface area contributed by atoms with Crippen LogP contribution >= 0.6 is 22.9 Å². The molecule has 4 rings (SSSR count). The number of hydrogen-bond acceptors (Lipinski definition) is 5. The number of benzene rings is 1. The summed E-state index contributed by atoms with van der Waals surface area (Å²) in [5, 5.41) is 5.63. The van der Waals surface area contributed by atoms with Crippen LogP contribution in [0.2, 0.25) is 5.02 Å². The maximum Gasteiger partial charge on any atom is 0.231 e. The number of nitrogens with zero attached hydrogens (tertiary/aromatic N) is 3. The first-order valence-electron chi connectivity index (χ1n) is 8.34. The van der Waals surface area contributed by atoms with Crippen molar-refractivity contribution in [1.82, 2.24) is 9.97 Å². The van der Waals surface area contributed by atoms with E-state index in [1.807, 2.05) is 29.6 Å². The first kappa shape index (κ1) is 17.6. The van der Waals surface area contributed by atoms with Crippen molar-refractivity contribution in [3.8, 4) is 11.4 Å². The zero-order chi connectivity index (χ0) is 18.8. The van der Waals surface area contributed by atoms with E-state index in [1.54, 1.807) is 29.3 Å². The number of halogens is 1. The van der Waals surface area contributed by atoms with Gasteiger partial charge in [0.2, 0.25) is 11.8 Å². The lowest BCUT2D eigenvalue weighted by Crippen LogP contribution is -2.28. The molecule has 0 aliphatic carbocycles. The van der Waals surface area contributed by atoms with E-state index in [-0.39, 0.29) is 18.2 Å². The summed E-state index contributed by atoms with van der Waals surface area (Å²) in [6.07, 6.45) is 1.84. The maximum atomic E-state index is 12.6. The molecule has 1 aromatic carbocycles. The molecule has 1 N–H and O–H groups in total. The molecular formula is C19H15ClN4O2S. The largest absolute Gasteiger partial charge is 0.310 e. The van der Waals surface area contributed by atoms with Crippen LogP contribution in [0.1, 0.15) is 6.42 Å². The van der Waals surface area contributed by atoms with Gasteiger partial charge < -0.3 is 10.2 Å². The average Bonchev–Trinajstić information content (AvgIpc) is 3.30. The van der Waals surface area contributed by atoms with E-state index in [0.29, 0.717) is 28.1 Å². The van der Waals surface area contributed by atoms with Crippen LogP contribution in [0, 0.1) is 5.92 Å². The van der Waals surface area contributed by atoms with Gasteiger partial charge in [0.05, 0.1) is 22.3 Å². The molecule has 1 fully saturated rings. The van der Waals surface area contributed by atoms with Crippen LogP contribution < -0.4 is 10.2 Å². The Bertz CT molecular complexity index is 992. The first-order valence-corrected chi connectivity index (χ1v) is 9.60. The van der Waals surface area contributed by atoms with Gasteiger partial charge in [-0.05, 0) is 24.3 Å². The summed E-state index contributed by atoms with van der Waals surface area (Å²) < 4.78 is 0. The number of amides is 2. The Morgan fingerprint density at radius 1 is 1.19 bits per heavy atom. The monoisotopic (exact) mass is 398 g/mol. The molecule has 1 atom stereocenters. The molecule has 1 aliphatic heterocycles. The molecule has 0 radical (unpaired) electrons. The van der Waals surface area contributed by atoms with Crippen molar-refractivity contribution in [3.05, 3.63) is 59.1 Å². The highest BCUT2D eigenvalue weighted by Gasteiger charge is 2.36. The zero-order valence-electron chi connectivity index (χ0n) is 14.1. The lowest BCUT2D eigenvalue weighted by atomic mass is 10.1. The van der Waals surface area contributed by atoms with E-state index < -0.39 is 5.92 Å². The number of aromatic nitrogens is 2. The summed E-state index contributed by atoms with van der Waals surface area (Å²) >= 11 is 7.51. The summed E-state index contributed by atoms with van der Waals surface area (Å²) in [5.41, 5.74) is 2.08. The van der Waals surface area contributed by atoms with E-state index >= 15 is 0 Å². The minimum atomic E-state index is -0.448. The molecule has 0 bridgehead atoms. The fraction of sp³-hybridized carbons (Fsp3) is 0.158. The highest BCUT2D eigenvalue weighted by Crippen LogP contribution is 2.32. The Labute approximate surface area is 164 Å². The Kier molecular flexibility index (Phi) is 4.87. The molecule has 3 aromatic rings. The Balaban J connectivity index is 1.45. The molecule has 1 saturated heterocycles. The second kappa shape index (κ2) is 7.46. The van der Waals surface area contributed by atoms with Crippen LogP contribution in [0.5, 0.6) is 0 Å². The van der Waals surface area contributed by atoms with E-state index in [0.717, 1.165) is 5.69 Å². The molecule has 3 heterocycles. The molecule has 0 saturated carbocycles. The third-order valence-corrected chi connectivity index (χ3v) is 5.38. The molecule has 2 amide bonds. The number of carbonyl (C=O) groups excluding carboxylic acids is 2. The summed E-state index contributed by atoms with van der Waals surface area (Å²) in [4.78, 5) is 35.2. The van der Waals surface area contributed by atoms with Gasteiger partial charge in [-0.15, -0.1) is 11.3 Å². The van der Waals surface area contributed by atoms with Gasteiger partial charge in [-0.3, -0.25) is 14.6 Å². The number of hydrogen-bond donors (Lipinski definition) is 1. The number of carbonyl (C=O) groups is 2. The van der Waals surface area contributed by atoms with Crippen LogP contribution in [0.4, 0.5) is 10.8 Å². The molecule has 2 aromatic heterocycles. The molecule has 1 unspecified atom stereocenters. The van der Waals surface area contributed by atoms with Gasteiger partial charge in [-0.2, -0.15) is 0 Å². The lowest BCUT2D eigenvalue weighted by Gasteiger charge is -2.17. The predicted molar refractivity (Wildman–Crippen MR) is 106 cm³/mol. The summed E-state index contributed by atoms with van der Waals surface area (Å²) in [6.45, 7) is 0.298. The number of thiazole rings is 1. The van der Waals surface area contributed by atoms with Crippen molar-refractivity contribution in [2.75, 3.05) is 16.8 Å². The molecule has 8 heteroatoms. The number of nitrogens with one attached hydrogen (secondary N) is 1. The smallest absolute Gasteiger partial charge is 0.231 e. The van der Waals surface area contributed by atoms with Crippen molar-refractivity contribution in [3.63, 3.8) is 0 Å². The van der Waals surface area contributed by atoms with Crippen LogP contribution in [0.15, 0.2) is 54.0 Å². The van der Waals surface area contributed by atoms with Gasteiger partial charge in [0, 0.05) is 24.5 Å². The van der Waals surface area contributed by atoms with Gasteiger partial charge in [0.15, 0.2) is 5.13 Å². The van der Waals surface area contributed by atoms with Crippen molar-refractivity contribution in [1.29, 1.82) is 0 Å². The first-order chi connectivity index (χ1) is 13.1. The predicted octanol–water partition coefficient (Wildman–Crippen LogP) is 3.85. The molecule has 1 aliphatic rings. The summed E-state index contributed by atoms with van der Waals surface area (Å²) in [5.74, 6) is -0.785. The van der Waals surface area contributed by atoms with E-state index in [4.69, 9.17) is 11.6 Å². The Hall–Kier alpha value is -2.77. The van der Waals surface area contributed by atoms with Gasteiger partial charge in [-0.1, -0.05) is 29.8 Å². The van der Waals surface area contributed by atoms with Crippen molar-refractivity contribution in [2.45, 2.75) is 6.42 Å². The topological polar surface area (TPSA) is 75.2 Å². The van der Waals surface area contributed by atoms with Crippen LogP contribution in [-0.4, -0.2) is 28.3 Å². The van der Waals surface area contributed by atoms with E-state index in [1.165, 1.54) is 11.3 Å². The average molecular weight is 399 g/mol. The second-order valence-electron chi connectivity index (χ2n) is 6.10. The minimum absolute atomic E-state index is 0.114. The fourth-order valence-corrected chi connectivity index (χ4v) is 3.90. The molecule has 0 spiro atoms. The standard InChI is InChI=1S/C19H15ClN4O2S/c20-13-5-1-2-7-16(13)24-10-12(9-17(24)25)18(26)23-19-22-15(11-27-19)14-6-3-4-8-21-14/h1-8,11-12H,9-10H2,(H,22,23,26). The van der Waals surface area contributed by atoms with Gasteiger partial charge in [0.25, 0.3) is 0 Å². The second-order valence-corrected chi connectivity index (χ2v) is 7.36. The molecule has 6 nitrogen and oxygen atoms in total. The van der Waals surface area contributed by atoms with Crippen LogP contribution in [0.3, 0.4) is 0 Å². The minimum Gasteiger partial charge on any atom is -0.310 e. The SMILES string of the molecule is O=C(Nc1nc(-c2ccccn2)cs1)C1CC(=O)N(c2ccccc2Cl)C1. The van der Waals surface area contributed by atoms with Crippen molar-refractivity contribution in [2.24, 2.45) is 5.92 Å². The third kappa shape index (κ3) is 3.70. The highest BCUT2D eigenvalue weighted by atomic mass is 35.5. The number of anilines is 2. The van der Waals surface area contributed by atoms with Crippen LogP contribution in [0.25, 0.3) is 11.4 Å². The molecule has 27 heavy (non-hydrogen) atoms. The number of rotatable bonds is 4. The maximum absolute atomic E-state index is 12.6. The van der Waals surface area contributed by atoms with Crippen molar-refractivity contribution < 1.29 is 9.59 Å². The Morgan fingerprint density at radius 3 is 2.78 bits per heavy atom. The quantitative estimate of drug-likeness (QED) is 0.724. The van der Waals surface area contributed by atoms with E-state index in [9.17, 15) is 9.59 Å². The van der Waals surface area contributed by atoms with Gasteiger partial charge in [0.1, 0.15) is 5.69 Å². The normalized spacial score (nSPS) is 16.6. The number of pyridine rings is 1. The summed E-state index contributed by atoms with van der Waals surface area (Å²) in [7, 11) is 0. The highest BCUT2D eigenvalue weighted by molar-refractivity contribution is 7.14. The summed E-state index contributed by atoms with van der Waals surface area (Å²) in [6, 6.07) is 12.7. The molecular weight excluding hydrogens is 384 g/mol. The zero-order valence-corrected chi connectivity index (χ0v) is 15.7. The van der Waals surface area contributed by atoms with Gasteiger partial charge >= 0.3 is 0 Å². The third-order valence-electron chi connectivity index (χ3n) is 4.30. The Morgan fingerprint density at radius 2 is 2.00 bits per heavy atom. The van der Waals surface area contributed by atoms with Crippen molar-refractivity contribution >= 4 is 45.6 Å². The fourth-order valence-electron chi connectivity index (χ4n) is 2.96. The molecule has 136 valence electrons. The number of para-hydroxylation sites is 1.